The van der Waals surface area contributed by atoms with Crippen molar-refractivity contribution < 1.29 is 23.9 Å². The molecule has 0 spiro atoms. The predicted molar refractivity (Wildman–Crippen MR) is 128 cm³/mol. The first-order valence-corrected chi connectivity index (χ1v) is 11.1. The summed E-state index contributed by atoms with van der Waals surface area (Å²) in [5, 5.41) is 2.53. The summed E-state index contributed by atoms with van der Waals surface area (Å²) in [6.07, 6.45) is 0.522. The molecule has 180 valence electrons. The fourth-order valence-electron chi connectivity index (χ4n) is 3.82. The van der Waals surface area contributed by atoms with Gasteiger partial charge in [0.2, 0.25) is 0 Å². The van der Waals surface area contributed by atoms with Gasteiger partial charge in [0.15, 0.2) is 17.6 Å². The van der Waals surface area contributed by atoms with Gasteiger partial charge < -0.3 is 24.6 Å². The summed E-state index contributed by atoms with van der Waals surface area (Å²) in [5.74, 6) is 0.142. The zero-order valence-electron chi connectivity index (χ0n) is 19.9. The highest BCUT2D eigenvalue weighted by atomic mass is 16.5. The number of hydrogen-bond donors (Lipinski definition) is 1. The highest BCUT2D eigenvalue weighted by Gasteiger charge is 2.33. The van der Waals surface area contributed by atoms with Crippen LogP contribution in [-0.4, -0.2) is 79.8 Å². The molecule has 2 unspecified atom stereocenters. The molecule has 9 nitrogen and oxygen atoms in total. The number of ether oxygens (including phenoxy) is 2. The van der Waals surface area contributed by atoms with Gasteiger partial charge in [-0.25, -0.2) is 0 Å². The van der Waals surface area contributed by atoms with Gasteiger partial charge in [-0.3, -0.25) is 19.4 Å². The van der Waals surface area contributed by atoms with Crippen molar-refractivity contribution in [3.05, 3.63) is 59.7 Å². The van der Waals surface area contributed by atoms with E-state index >= 15 is 0 Å². The summed E-state index contributed by atoms with van der Waals surface area (Å²) in [6.45, 7) is 4.91. The van der Waals surface area contributed by atoms with E-state index in [1.165, 1.54) is 13.4 Å². The Bertz CT molecular complexity index is 1060. The molecule has 34 heavy (non-hydrogen) atoms. The van der Waals surface area contributed by atoms with Gasteiger partial charge in [0, 0.05) is 43.9 Å². The number of nitrogens with one attached hydrogen (secondary N) is 1. The summed E-state index contributed by atoms with van der Waals surface area (Å²) >= 11 is 0. The van der Waals surface area contributed by atoms with Crippen LogP contribution in [-0.2, 0) is 4.79 Å². The number of piperazine rings is 1. The molecule has 3 amide bonds. The molecular formula is C25H30N4O5. The number of aliphatic imine (C=N–C) groups is 1. The second kappa shape index (κ2) is 11.3. The number of hydrogen-bond acceptors (Lipinski definition) is 6. The normalized spacial score (nSPS) is 16.8. The highest BCUT2D eigenvalue weighted by Crippen LogP contribution is 2.29. The van der Waals surface area contributed by atoms with Crippen molar-refractivity contribution >= 4 is 24.1 Å². The maximum absolute atomic E-state index is 13.1. The average Bonchev–Trinajstić information content (AvgIpc) is 2.86. The topological polar surface area (TPSA) is 101 Å². The van der Waals surface area contributed by atoms with E-state index in [9.17, 15) is 14.4 Å². The minimum absolute atomic E-state index is 0.0390. The smallest absolute Gasteiger partial charge is 0.263 e. The minimum Gasteiger partial charge on any atom is -0.493 e. The molecule has 0 saturated carbocycles. The van der Waals surface area contributed by atoms with Gasteiger partial charge in [-0.05, 0) is 44.2 Å². The van der Waals surface area contributed by atoms with Crippen molar-refractivity contribution in [1.82, 2.24) is 15.1 Å². The molecule has 1 heterocycles. The van der Waals surface area contributed by atoms with E-state index < -0.39 is 6.10 Å². The van der Waals surface area contributed by atoms with Crippen LogP contribution in [0.3, 0.4) is 0 Å². The van der Waals surface area contributed by atoms with Crippen molar-refractivity contribution in [2.75, 3.05) is 33.8 Å². The third-order valence-electron chi connectivity index (χ3n) is 5.62. The lowest BCUT2D eigenvalue weighted by atomic mass is 10.1. The first-order valence-electron chi connectivity index (χ1n) is 11.1. The van der Waals surface area contributed by atoms with Crippen LogP contribution < -0.4 is 14.8 Å². The summed E-state index contributed by atoms with van der Waals surface area (Å²) in [5.41, 5.74) is 1.01. The standard InChI is InChI=1S/C25H30N4O5/c1-17-15-28(25(32)19-8-6-5-7-9-19)12-13-29(17)24(31)18(2)34-21-11-10-20(14-22(21)33-4)23(30)27-16-26-3/h5-11,14,16-18H,12-13,15H2,1-4H3,(H,26,27,30). The van der Waals surface area contributed by atoms with Crippen LogP contribution in [0, 0.1) is 0 Å². The lowest BCUT2D eigenvalue weighted by Gasteiger charge is -2.40. The molecule has 0 aliphatic carbocycles. The number of benzene rings is 2. The predicted octanol–water partition coefficient (Wildman–Crippen LogP) is 2.22. The van der Waals surface area contributed by atoms with Crippen LogP contribution in [0.15, 0.2) is 53.5 Å². The molecular weight excluding hydrogens is 436 g/mol. The maximum Gasteiger partial charge on any atom is 0.263 e. The first kappa shape index (κ1) is 24.8. The Kier molecular flexibility index (Phi) is 8.24. The zero-order chi connectivity index (χ0) is 24.7. The van der Waals surface area contributed by atoms with Gasteiger partial charge in [-0.2, -0.15) is 0 Å². The highest BCUT2D eigenvalue weighted by molar-refractivity contribution is 6.01. The summed E-state index contributed by atoms with van der Waals surface area (Å²) in [4.78, 5) is 45.2. The van der Waals surface area contributed by atoms with Crippen molar-refractivity contribution in [3.8, 4) is 11.5 Å². The van der Waals surface area contributed by atoms with E-state index in [2.05, 4.69) is 10.3 Å². The zero-order valence-corrected chi connectivity index (χ0v) is 19.9. The number of methoxy groups -OCH3 is 1. The van der Waals surface area contributed by atoms with E-state index in [1.807, 2.05) is 25.1 Å². The molecule has 1 N–H and O–H groups in total. The Morgan fingerprint density at radius 2 is 1.82 bits per heavy atom. The van der Waals surface area contributed by atoms with Gasteiger partial charge in [0.1, 0.15) is 0 Å². The van der Waals surface area contributed by atoms with Gasteiger partial charge >= 0.3 is 0 Å². The van der Waals surface area contributed by atoms with Crippen molar-refractivity contribution in [1.29, 1.82) is 0 Å². The summed E-state index contributed by atoms with van der Waals surface area (Å²) in [7, 11) is 3.02. The second-order valence-electron chi connectivity index (χ2n) is 7.98. The maximum atomic E-state index is 13.1. The molecule has 2 aromatic rings. The fraction of sp³-hybridized carbons (Fsp3) is 0.360. The van der Waals surface area contributed by atoms with Crippen LogP contribution >= 0.6 is 0 Å². The van der Waals surface area contributed by atoms with Crippen LogP contribution in [0.2, 0.25) is 0 Å². The van der Waals surface area contributed by atoms with Gasteiger partial charge in [-0.15, -0.1) is 0 Å². The molecule has 2 aromatic carbocycles. The van der Waals surface area contributed by atoms with E-state index in [0.717, 1.165) is 0 Å². The molecule has 9 heteroatoms. The fourth-order valence-corrected chi connectivity index (χ4v) is 3.82. The van der Waals surface area contributed by atoms with Crippen LogP contribution in [0.5, 0.6) is 11.5 Å². The van der Waals surface area contributed by atoms with Crippen LogP contribution in [0.25, 0.3) is 0 Å². The van der Waals surface area contributed by atoms with Gasteiger partial charge in [0.05, 0.1) is 13.4 Å². The Morgan fingerprint density at radius 1 is 1.09 bits per heavy atom. The average molecular weight is 467 g/mol. The summed E-state index contributed by atoms with van der Waals surface area (Å²) in [6, 6.07) is 13.7. The Balaban J connectivity index is 1.63. The van der Waals surface area contributed by atoms with Crippen LogP contribution in [0.1, 0.15) is 34.6 Å². The van der Waals surface area contributed by atoms with Gasteiger partial charge in [-0.1, -0.05) is 18.2 Å². The quantitative estimate of drug-likeness (QED) is 0.498. The third-order valence-corrected chi connectivity index (χ3v) is 5.62. The minimum atomic E-state index is -0.778. The molecule has 0 bridgehead atoms. The van der Waals surface area contributed by atoms with Gasteiger partial charge in [0.25, 0.3) is 17.7 Å². The largest absolute Gasteiger partial charge is 0.493 e. The Labute approximate surface area is 199 Å². The summed E-state index contributed by atoms with van der Waals surface area (Å²) < 4.78 is 11.3. The number of rotatable bonds is 7. The van der Waals surface area contributed by atoms with E-state index in [0.29, 0.717) is 42.3 Å². The SMILES string of the molecule is CN=CNC(=O)c1ccc(OC(C)C(=O)N2CCN(C(=O)c3ccccc3)CC2C)c(OC)c1. The van der Waals surface area contributed by atoms with E-state index in [-0.39, 0.29) is 23.8 Å². The van der Waals surface area contributed by atoms with Crippen molar-refractivity contribution in [3.63, 3.8) is 0 Å². The molecule has 0 aromatic heterocycles. The van der Waals surface area contributed by atoms with Crippen molar-refractivity contribution in [2.24, 2.45) is 4.99 Å². The van der Waals surface area contributed by atoms with Crippen LogP contribution in [0.4, 0.5) is 0 Å². The monoisotopic (exact) mass is 466 g/mol. The number of carbonyl (C=O) groups excluding carboxylic acids is 3. The Morgan fingerprint density at radius 3 is 2.47 bits per heavy atom. The molecule has 1 aliphatic heterocycles. The molecule has 1 aliphatic rings. The van der Waals surface area contributed by atoms with E-state index in [1.54, 1.807) is 54.1 Å². The van der Waals surface area contributed by atoms with E-state index in [4.69, 9.17) is 9.47 Å². The first-order chi connectivity index (χ1) is 16.3. The number of nitrogens with zero attached hydrogens (tertiary/aromatic N) is 3. The lowest BCUT2D eigenvalue weighted by molar-refractivity contribution is -0.142. The number of amides is 3. The molecule has 2 atom stereocenters. The molecule has 1 saturated heterocycles. The molecule has 0 radical (unpaired) electrons. The van der Waals surface area contributed by atoms with Crippen molar-refractivity contribution in [2.45, 2.75) is 26.0 Å². The third kappa shape index (κ3) is 5.72. The number of carbonyl (C=O) groups is 3. The Hall–Kier alpha value is -3.88. The lowest BCUT2D eigenvalue weighted by Crippen LogP contribution is -2.57. The molecule has 1 fully saturated rings. The molecule has 3 rings (SSSR count). The second-order valence-corrected chi connectivity index (χ2v) is 7.98.